The van der Waals surface area contributed by atoms with Crippen LogP contribution >= 0.6 is 0 Å². The first-order valence-electron chi connectivity index (χ1n) is 5.12. The molecule has 0 unspecified atom stereocenters. The second-order valence-electron chi connectivity index (χ2n) is 4.04. The maximum atomic E-state index is 13.8. The Bertz CT molecular complexity index is 587. The lowest BCUT2D eigenvalue weighted by atomic mass is 10.2. The normalized spacial score (nSPS) is 15.6. The van der Waals surface area contributed by atoms with Crippen molar-refractivity contribution in [2.75, 3.05) is 0 Å². The van der Waals surface area contributed by atoms with Crippen LogP contribution in [-0.2, 0) is 0 Å². The summed E-state index contributed by atoms with van der Waals surface area (Å²) in [6, 6.07) is 4.90. The number of nitro groups is 1. The average Bonchev–Trinajstić information content (AvgIpc) is 2.99. The van der Waals surface area contributed by atoms with Gasteiger partial charge >= 0.3 is 5.69 Å². The minimum absolute atomic E-state index is 0.334. The second kappa shape index (κ2) is 3.04. The molecule has 1 saturated carbocycles. The molecular weight excluding hydrogens is 211 g/mol. The minimum atomic E-state index is -0.734. The number of rotatable bonds is 2. The average molecular weight is 220 g/mol. The molecule has 0 atom stereocenters. The third-order valence-corrected chi connectivity index (χ3v) is 2.95. The summed E-state index contributed by atoms with van der Waals surface area (Å²) >= 11 is 0. The Kier molecular flexibility index (Phi) is 1.77. The van der Waals surface area contributed by atoms with Gasteiger partial charge in [0.05, 0.1) is 10.4 Å². The molecule has 1 aliphatic rings. The van der Waals surface area contributed by atoms with Crippen LogP contribution in [0.15, 0.2) is 24.4 Å². The maximum Gasteiger partial charge on any atom is 0.305 e. The van der Waals surface area contributed by atoms with Crippen molar-refractivity contribution in [2.45, 2.75) is 18.9 Å². The first-order chi connectivity index (χ1) is 7.68. The van der Waals surface area contributed by atoms with Crippen LogP contribution in [0.5, 0.6) is 0 Å². The van der Waals surface area contributed by atoms with Gasteiger partial charge in [-0.3, -0.25) is 10.1 Å². The number of hydrogen-bond acceptors (Lipinski definition) is 2. The first-order valence-corrected chi connectivity index (χ1v) is 5.12. The van der Waals surface area contributed by atoms with Crippen molar-refractivity contribution in [3.63, 3.8) is 0 Å². The fourth-order valence-corrected chi connectivity index (χ4v) is 2.00. The van der Waals surface area contributed by atoms with Gasteiger partial charge in [-0.1, -0.05) is 0 Å². The number of hydrogen-bond donors (Lipinski definition) is 0. The summed E-state index contributed by atoms with van der Waals surface area (Å²) < 4.78 is 15.8. The SMILES string of the molecule is O=[N+]([O-])c1ccc2c(ccn2C2CC2)c1F. The molecule has 0 amide bonds. The highest BCUT2D eigenvalue weighted by molar-refractivity contribution is 5.83. The van der Waals surface area contributed by atoms with Gasteiger partial charge in [-0.15, -0.1) is 0 Å². The molecule has 1 aliphatic carbocycles. The fourth-order valence-electron chi connectivity index (χ4n) is 2.00. The summed E-state index contributed by atoms with van der Waals surface area (Å²) in [6.45, 7) is 0. The summed E-state index contributed by atoms with van der Waals surface area (Å²) in [5.41, 5.74) is 0.284. The van der Waals surface area contributed by atoms with E-state index in [1.165, 1.54) is 6.07 Å². The standard InChI is InChI=1S/C11H9FN2O2/c12-11-8-5-6-13(7-1-2-7)9(8)3-4-10(11)14(15)16/h3-7H,1-2H2. The zero-order chi connectivity index (χ0) is 11.3. The largest absolute Gasteiger partial charge is 0.344 e. The van der Waals surface area contributed by atoms with Crippen molar-refractivity contribution in [3.05, 3.63) is 40.3 Å². The molecule has 4 nitrogen and oxygen atoms in total. The Labute approximate surface area is 90.4 Å². The molecule has 1 aromatic carbocycles. The molecule has 0 spiro atoms. The Morgan fingerprint density at radius 2 is 2.12 bits per heavy atom. The molecule has 16 heavy (non-hydrogen) atoms. The number of nitrogens with zero attached hydrogens (tertiary/aromatic N) is 2. The second-order valence-corrected chi connectivity index (χ2v) is 4.04. The summed E-state index contributed by atoms with van der Waals surface area (Å²) in [5, 5.41) is 10.9. The molecule has 0 aliphatic heterocycles. The van der Waals surface area contributed by atoms with E-state index in [1.807, 2.05) is 4.57 Å². The van der Waals surface area contributed by atoms with Gasteiger partial charge in [0.2, 0.25) is 5.82 Å². The van der Waals surface area contributed by atoms with E-state index in [9.17, 15) is 14.5 Å². The zero-order valence-corrected chi connectivity index (χ0v) is 8.39. The van der Waals surface area contributed by atoms with E-state index in [2.05, 4.69) is 0 Å². The molecular formula is C11H9FN2O2. The van der Waals surface area contributed by atoms with Crippen molar-refractivity contribution in [1.29, 1.82) is 0 Å². The van der Waals surface area contributed by atoms with E-state index in [4.69, 9.17) is 0 Å². The fraction of sp³-hybridized carbons (Fsp3) is 0.273. The molecule has 82 valence electrons. The third kappa shape index (κ3) is 1.21. The summed E-state index contributed by atoms with van der Waals surface area (Å²) in [5.74, 6) is -0.734. The van der Waals surface area contributed by atoms with Crippen LogP contribution in [0.2, 0.25) is 0 Å². The number of halogens is 1. The van der Waals surface area contributed by atoms with Crippen molar-refractivity contribution >= 4 is 16.6 Å². The van der Waals surface area contributed by atoms with Crippen LogP contribution in [0.25, 0.3) is 10.9 Å². The number of nitro benzene ring substituents is 1. The van der Waals surface area contributed by atoms with E-state index < -0.39 is 16.4 Å². The van der Waals surface area contributed by atoms with Gasteiger partial charge in [0.25, 0.3) is 0 Å². The van der Waals surface area contributed by atoms with Crippen molar-refractivity contribution < 1.29 is 9.31 Å². The highest BCUT2D eigenvalue weighted by Crippen LogP contribution is 2.39. The lowest BCUT2D eigenvalue weighted by Crippen LogP contribution is -1.95. The summed E-state index contributed by atoms with van der Waals surface area (Å²) in [6.07, 6.45) is 4.00. The van der Waals surface area contributed by atoms with Gasteiger partial charge in [0.1, 0.15) is 0 Å². The molecule has 1 aromatic heterocycles. The predicted molar refractivity (Wildman–Crippen MR) is 56.8 cm³/mol. The van der Waals surface area contributed by atoms with E-state index in [1.54, 1.807) is 18.3 Å². The molecule has 3 rings (SSSR count). The van der Waals surface area contributed by atoms with Gasteiger partial charge in [-0.25, -0.2) is 0 Å². The molecule has 1 fully saturated rings. The summed E-state index contributed by atoms with van der Waals surface area (Å²) in [4.78, 5) is 9.89. The Hall–Kier alpha value is -1.91. The molecule has 0 N–H and O–H groups in total. The predicted octanol–water partition coefficient (Wildman–Crippen LogP) is 3.02. The number of aromatic nitrogens is 1. The van der Waals surface area contributed by atoms with Gasteiger partial charge < -0.3 is 4.57 Å². The molecule has 0 radical (unpaired) electrons. The lowest BCUT2D eigenvalue weighted by Gasteiger charge is -2.02. The van der Waals surface area contributed by atoms with E-state index >= 15 is 0 Å². The topological polar surface area (TPSA) is 48.1 Å². The molecule has 0 bridgehead atoms. The van der Waals surface area contributed by atoms with Crippen LogP contribution in [0.3, 0.4) is 0 Å². The quantitative estimate of drug-likeness (QED) is 0.577. The Balaban J connectivity index is 2.25. The highest BCUT2D eigenvalue weighted by Gasteiger charge is 2.26. The van der Waals surface area contributed by atoms with Crippen molar-refractivity contribution in [1.82, 2.24) is 4.57 Å². The molecule has 2 aromatic rings. The molecule has 0 saturated heterocycles. The lowest BCUT2D eigenvalue weighted by molar-refractivity contribution is -0.387. The van der Waals surface area contributed by atoms with E-state index in [0.717, 1.165) is 18.4 Å². The zero-order valence-electron chi connectivity index (χ0n) is 8.39. The molecule has 5 heteroatoms. The van der Waals surface area contributed by atoms with Gasteiger partial charge in [-0.05, 0) is 25.0 Å². The van der Waals surface area contributed by atoms with Crippen LogP contribution in [-0.4, -0.2) is 9.49 Å². The first kappa shape index (κ1) is 9.33. The van der Waals surface area contributed by atoms with Crippen LogP contribution < -0.4 is 0 Å². The van der Waals surface area contributed by atoms with Gasteiger partial charge in [-0.2, -0.15) is 4.39 Å². The number of fused-ring (bicyclic) bond motifs is 1. The Morgan fingerprint density at radius 1 is 1.38 bits per heavy atom. The molecule has 1 heterocycles. The van der Waals surface area contributed by atoms with Gasteiger partial charge in [0.15, 0.2) is 0 Å². The monoisotopic (exact) mass is 220 g/mol. The van der Waals surface area contributed by atoms with E-state index in [-0.39, 0.29) is 0 Å². The Morgan fingerprint density at radius 3 is 2.75 bits per heavy atom. The summed E-state index contributed by atoms with van der Waals surface area (Å²) in [7, 11) is 0. The maximum absolute atomic E-state index is 13.8. The van der Waals surface area contributed by atoms with Gasteiger partial charge in [0, 0.05) is 23.7 Å². The smallest absolute Gasteiger partial charge is 0.305 e. The van der Waals surface area contributed by atoms with Crippen molar-refractivity contribution in [3.8, 4) is 0 Å². The minimum Gasteiger partial charge on any atom is -0.344 e. The number of benzene rings is 1. The van der Waals surface area contributed by atoms with Crippen LogP contribution in [0, 0.1) is 15.9 Å². The third-order valence-electron chi connectivity index (χ3n) is 2.95. The highest BCUT2D eigenvalue weighted by atomic mass is 19.1. The van der Waals surface area contributed by atoms with Crippen LogP contribution in [0.4, 0.5) is 10.1 Å². The van der Waals surface area contributed by atoms with Crippen LogP contribution in [0.1, 0.15) is 18.9 Å². The van der Waals surface area contributed by atoms with E-state index in [0.29, 0.717) is 11.4 Å². The van der Waals surface area contributed by atoms with Crippen molar-refractivity contribution in [2.24, 2.45) is 0 Å².